The zero-order valence-corrected chi connectivity index (χ0v) is 17.7. The van der Waals surface area contributed by atoms with Crippen LogP contribution >= 0.6 is 0 Å². The number of hydrogen-bond donors (Lipinski definition) is 2. The van der Waals surface area contributed by atoms with E-state index in [0.717, 1.165) is 49.0 Å². The number of nitrogens with one attached hydrogen (secondary N) is 1. The Bertz CT molecular complexity index is 855. The summed E-state index contributed by atoms with van der Waals surface area (Å²) in [4.78, 5) is 7.12. The van der Waals surface area contributed by atoms with Crippen molar-refractivity contribution in [1.82, 2.24) is 4.90 Å². The number of anilines is 1. The first kappa shape index (κ1) is 21.7. The second kappa shape index (κ2) is 11.2. The van der Waals surface area contributed by atoms with Crippen LogP contribution in [-0.2, 0) is 6.61 Å². The number of ether oxygens (including phenoxy) is 1. The van der Waals surface area contributed by atoms with Crippen LogP contribution in [0.5, 0.6) is 5.75 Å². The predicted molar refractivity (Wildman–Crippen MR) is 121 cm³/mol. The maximum Gasteiger partial charge on any atom is 0.198 e. The highest BCUT2D eigenvalue weighted by atomic mass is 16.5. The molecule has 1 aliphatic heterocycles. The van der Waals surface area contributed by atoms with Crippen LogP contribution in [0.1, 0.15) is 37.3 Å². The van der Waals surface area contributed by atoms with E-state index in [9.17, 15) is 0 Å². The minimum absolute atomic E-state index is 0.468. The molecule has 2 aromatic carbocycles. The van der Waals surface area contributed by atoms with Crippen molar-refractivity contribution in [1.29, 1.82) is 5.26 Å². The number of hydrogen-bond acceptors (Lipinski definition) is 4. The fourth-order valence-corrected chi connectivity index (χ4v) is 3.48. The average molecular weight is 406 g/mol. The number of piperidine rings is 1. The minimum Gasteiger partial charge on any atom is -0.489 e. The molecule has 1 heterocycles. The number of guanidine groups is 1. The molecule has 0 radical (unpaired) electrons. The summed E-state index contributed by atoms with van der Waals surface area (Å²) in [6.07, 6.45) is 3.36. The summed E-state index contributed by atoms with van der Waals surface area (Å²) < 4.78 is 5.87. The Balaban J connectivity index is 1.59. The second-order valence-electron chi connectivity index (χ2n) is 7.79. The van der Waals surface area contributed by atoms with Gasteiger partial charge in [-0.25, -0.2) is 0 Å². The van der Waals surface area contributed by atoms with Crippen molar-refractivity contribution >= 4 is 11.6 Å². The normalized spacial score (nSPS) is 16.8. The highest BCUT2D eigenvalue weighted by Gasteiger charge is 2.19. The van der Waals surface area contributed by atoms with Gasteiger partial charge in [-0.1, -0.05) is 19.1 Å². The van der Waals surface area contributed by atoms with Crippen molar-refractivity contribution < 1.29 is 4.74 Å². The SMILES string of the molecule is CC1CCCN(C(=NCCCN)Nc2ccc(OCc3ccc(C#N)cc3)cc2)C1. The molecule has 6 heteroatoms. The molecule has 0 aliphatic carbocycles. The lowest BCUT2D eigenvalue weighted by atomic mass is 10.0. The molecule has 1 unspecified atom stereocenters. The summed E-state index contributed by atoms with van der Waals surface area (Å²) in [5.74, 6) is 2.41. The van der Waals surface area contributed by atoms with Gasteiger partial charge in [0.2, 0.25) is 0 Å². The number of benzene rings is 2. The zero-order chi connectivity index (χ0) is 21.2. The van der Waals surface area contributed by atoms with Gasteiger partial charge in [0.25, 0.3) is 0 Å². The van der Waals surface area contributed by atoms with Crippen molar-refractivity contribution in [3.63, 3.8) is 0 Å². The lowest BCUT2D eigenvalue weighted by molar-refractivity contribution is 0.272. The summed E-state index contributed by atoms with van der Waals surface area (Å²) in [5.41, 5.74) is 8.32. The summed E-state index contributed by atoms with van der Waals surface area (Å²) in [7, 11) is 0. The highest BCUT2D eigenvalue weighted by molar-refractivity contribution is 5.93. The molecule has 2 aromatic rings. The monoisotopic (exact) mass is 405 g/mol. The summed E-state index contributed by atoms with van der Waals surface area (Å²) in [6.45, 7) is 6.21. The highest BCUT2D eigenvalue weighted by Crippen LogP contribution is 2.20. The Morgan fingerprint density at radius 2 is 2.00 bits per heavy atom. The van der Waals surface area contributed by atoms with Gasteiger partial charge in [-0.05, 0) is 73.7 Å². The molecule has 1 atom stereocenters. The van der Waals surface area contributed by atoms with Crippen molar-refractivity contribution in [2.24, 2.45) is 16.6 Å². The van der Waals surface area contributed by atoms with E-state index in [4.69, 9.17) is 20.7 Å². The van der Waals surface area contributed by atoms with E-state index in [1.165, 1.54) is 12.8 Å². The molecule has 30 heavy (non-hydrogen) atoms. The maximum atomic E-state index is 8.88. The second-order valence-corrected chi connectivity index (χ2v) is 7.79. The van der Waals surface area contributed by atoms with Crippen LogP contribution in [0.15, 0.2) is 53.5 Å². The molecule has 158 valence electrons. The first-order chi connectivity index (χ1) is 14.7. The van der Waals surface area contributed by atoms with Crippen LogP contribution in [0, 0.1) is 17.2 Å². The third-order valence-electron chi connectivity index (χ3n) is 5.18. The van der Waals surface area contributed by atoms with Crippen LogP contribution < -0.4 is 15.8 Å². The molecule has 1 fully saturated rings. The molecular formula is C24H31N5O. The first-order valence-electron chi connectivity index (χ1n) is 10.7. The molecular weight excluding hydrogens is 374 g/mol. The standard InChI is InChI=1S/C24H31N5O/c1-19-4-2-15-29(17-19)24(27-14-3-13-25)28-22-9-11-23(12-10-22)30-18-21-7-5-20(16-26)6-8-21/h5-12,19H,2-4,13-15,17-18,25H2,1H3,(H,27,28). The molecule has 0 spiro atoms. The van der Waals surface area contributed by atoms with Gasteiger partial charge in [-0.3, -0.25) is 4.99 Å². The Kier molecular flexibility index (Phi) is 8.10. The molecule has 0 amide bonds. The smallest absolute Gasteiger partial charge is 0.198 e. The molecule has 3 N–H and O–H groups in total. The van der Waals surface area contributed by atoms with E-state index in [0.29, 0.717) is 24.6 Å². The number of nitriles is 1. The van der Waals surface area contributed by atoms with Gasteiger partial charge in [0.15, 0.2) is 5.96 Å². The fourth-order valence-electron chi connectivity index (χ4n) is 3.48. The molecule has 6 nitrogen and oxygen atoms in total. The average Bonchev–Trinajstić information content (AvgIpc) is 2.78. The summed E-state index contributed by atoms with van der Waals surface area (Å²) in [6, 6.07) is 17.5. The van der Waals surface area contributed by atoms with Crippen LogP contribution in [-0.4, -0.2) is 37.0 Å². The Hall–Kier alpha value is -3.04. The van der Waals surface area contributed by atoms with Crippen molar-refractivity contribution in [2.75, 3.05) is 31.5 Å². The van der Waals surface area contributed by atoms with E-state index < -0.39 is 0 Å². The minimum atomic E-state index is 0.468. The quantitative estimate of drug-likeness (QED) is 0.413. The lowest BCUT2D eigenvalue weighted by Gasteiger charge is -2.33. The molecule has 1 saturated heterocycles. The van der Waals surface area contributed by atoms with Crippen LogP contribution in [0.25, 0.3) is 0 Å². The number of likely N-dealkylation sites (tertiary alicyclic amines) is 1. The maximum absolute atomic E-state index is 8.88. The van der Waals surface area contributed by atoms with Gasteiger partial charge in [0, 0.05) is 25.3 Å². The first-order valence-corrected chi connectivity index (χ1v) is 10.7. The number of aliphatic imine (C=N–C) groups is 1. The van der Waals surface area contributed by atoms with Crippen molar-refractivity contribution in [2.45, 2.75) is 32.8 Å². The van der Waals surface area contributed by atoms with Gasteiger partial charge in [0.05, 0.1) is 11.6 Å². The van der Waals surface area contributed by atoms with Crippen LogP contribution in [0.3, 0.4) is 0 Å². The fraction of sp³-hybridized carbons (Fsp3) is 0.417. The van der Waals surface area contributed by atoms with Crippen LogP contribution in [0.2, 0.25) is 0 Å². The third-order valence-corrected chi connectivity index (χ3v) is 5.18. The van der Waals surface area contributed by atoms with Gasteiger partial charge >= 0.3 is 0 Å². The Labute approximate surface area is 179 Å². The molecule has 0 saturated carbocycles. The van der Waals surface area contributed by atoms with E-state index in [1.54, 1.807) is 12.1 Å². The Morgan fingerprint density at radius 1 is 1.23 bits per heavy atom. The third kappa shape index (κ3) is 6.50. The molecule has 0 bridgehead atoms. The summed E-state index contributed by atoms with van der Waals surface area (Å²) >= 11 is 0. The predicted octanol–water partition coefficient (Wildman–Crippen LogP) is 3.99. The molecule has 0 aromatic heterocycles. The number of nitrogens with two attached hydrogens (primary N) is 1. The topological polar surface area (TPSA) is 86.7 Å². The lowest BCUT2D eigenvalue weighted by Crippen LogP contribution is -2.43. The van der Waals surface area contributed by atoms with E-state index in [1.807, 2.05) is 36.4 Å². The molecule has 1 aliphatic rings. The van der Waals surface area contributed by atoms with Crippen molar-refractivity contribution in [3.8, 4) is 11.8 Å². The summed E-state index contributed by atoms with van der Waals surface area (Å²) in [5, 5.41) is 12.4. The molecule has 3 rings (SSSR count). The number of rotatable bonds is 7. The van der Waals surface area contributed by atoms with E-state index in [2.05, 4.69) is 23.2 Å². The van der Waals surface area contributed by atoms with Gasteiger partial charge in [-0.2, -0.15) is 5.26 Å². The van der Waals surface area contributed by atoms with Gasteiger partial charge < -0.3 is 20.7 Å². The number of nitrogens with zero attached hydrogens (tertiary/aromatic N) is 3. The van der Waals surface area contributed by atoms with Gasteiger partial charge in [0.1, 0.15) is 12.4 Å². The van der Waals surface area contributed by atoms with E-state index in [-0.39, 0.29) is 0 Å². The van der Waals surface area contributed by atoms with E-state index >= 15 is 0 Å². The zero-order valence-electron chi connectivity index (χ0n) is 17.7. The Morgan fingerprint density at radius 3 is 2.67 bits per heavy atom. The largest absolute Gasteiger partial charge is 0.489 e. The van der Waals surface area contributed by atoms with Gasteiger partial charge in [-0.15, -0.1) is 0 Å². The van der Waals surface area contributed by atoms with Crippen molar-refractivity contribution in [3.05, 3.63) is 59.7 Å². The van der Waals surface area contributed by atoms with Crippen LogP contribution in [0.4, 0.5) is 5.69 Å².